The highest BCUT2D eigenvalue weighted by molar-refractivity contribution is 6.14. The van der Waals surface area contributed by atoms with Crippen LogP contribution in [0.25, 0.3) is 10.9 Å². The first-order valence-electron chi connectivity index (χ1n) is 3.63. The molecule has 56 valence electrons. The first-order valence-corrected chi connectivity index (χ1v) is 3.63. The van der Waals surface area contributed by atoms with E-state index in [0.29, 0.717) is 5.69 Å². The molecule has 0 N–H and O–H groups in total. The molecule has 0 saturated carbocycles. The number of aromatic nitrogens is 1. The highest BCUT2D eigenvalue weighted by Crippen LogP contribution is 2.15. The Labute approximate surface area is 71.2 Å². The summed E-state index contributed by atoms with van der Waals surface area (Å²) in [6, 6.07) is 9.37. The molecule has 2 rings (SSSR count). The molecule has 0 bridgehead atoms. The molecule has 1 aromatic carbocycles. The number of aldehydes is 1. The van der Waals surface area contributed by atoms with Crippen molar-refractivity contribution in [3.05, 3.63) is 36.0 Å². The molecule has 0 aliphatic rings. The number of carbonyl (C=O) groups excluding carboxylic acids is 1. The minimum atomic E-state index is 0.496. The largest absolute Gasteiger partial charge is 0.395 e. The summed E-state index contributed by atoms with van der Waals surface area (Å²) in [6.07, 6.45) is 0.750. The first-order chi connectivity index (χ1) is 5.83. The molecule has 1 heterocycles. The van der Waals surface area contributed by atoms with Crippen molar-refractivity contribution in [3.63, 3.8) is 0 Å². The number of hydrogen-bond acceptors (Lipinski definition) is 1. The predicted octanol–water partition coefficient (Wildman–Crippen LogP) is 1.39. The highest BCUT2D eigenvalue weighted by atomic mass is 16.1. The third-order valence-electron chi connectivity index (χ3n) is 1.90. The highest BCUT2D eigenvalue weighted by Gasteiger charge is 2.01. The van der Waals surface area contributed by atoms with Crippen LogP contribution in [0.1, 0.15) is 10.5 Å². The molecule has 0 aliphatic carbocycles. The molecule has 0 fully saturated rings. The van der Waals surface area contributed by atoms with Gasteiger partial charge in [-0.1, -0.05) is 18.2 Å². The zero-order valence-electron chi connectivity index (χ0n) is 6.40. The van der Waals surface area contributed by atoms with Gasteiger partial charge < -0.3 is 4.48 Å². The molecule has 2 radical (unpaired) electrons. The summed E-state index contributed by atoms with van der Waals surface area (Å²) < 4.78 is 1.39. The van der Waals surface area contributed by atoms with Crippen molar-refractivity contribution in [2.75, 3.05) is 0 Å². The maximum Gasteiger partial charge on any atom is 0.234 e. The van der Waals surface area contributed by atoms with Crippen molar-refractivity contribution in [2.24, 2.45) is 0 Å². The van der Waals surface area contributed by atoms with Crippen LogP contribution in [0.5, 0.6) is 0 Å². The van der Waals surface area contributed by atoms with Crippen LogP contribution < -0.4 is 0 Å². The van der Waals surface area contributed by atoms with E-state index in [0.717, 1.165) is 17.2 Å². The minimum absolute atomic E-state index is 0.496. The summed E-state index contributed by atoms with van der Waals surface area (Å²) >= 11 is 0. The van der Waals surface area contributed by atoms with Crippen molar-refractivity contribution >= 4 is 25.2 Å². The number of fused-ring (bicyclic) bond motifs is 1. The van der Waals surface area contributed by atoms with E-state index in [1.165, 1.54) is 4.48 Å². The molecule has 0 atom stereocenters. The number of carbonyl (C=O) groups is 1. The Morgan fingerprint density at radius 1 is 1.33 bits per heavy atom. The fourth-order valence-electron chi connectivity index (χ4n) is 1.29. The lowest BCUT2D eigenvalue weighted by molar-refractivity contribution is 0.111. The van der Waals surface area contributed by atoms with E-state index in [1.54, 1.807) is 6.07 Å². The van der Waals surface area contributed by atoms with Crippen molar-refractivity contribution in [1.29, 1.82) is 0 Å². The van der Waals surface area contributed by atoms with Crippen LogP contribution >= 0.6 is 0 Å². The summed E-state index contributed by atoms with van der Waals surface area (Å²) in [5, 5.41) is 0.988. The first kappa shape index (κ1) is 7.16. The van der Waals surface area contributed by atoms with Crippen LogP contribution in [-0.2, 0) is 0 Å². The van der Waals surface area contributed by atoms with Gasteiger partial charge in [0.15, 0.2) is 6.29 Å². The second-order valence-corrected chi connectivity index (χ2v) is 2.62. The van der Waals surface area contributed by atoms with Crippen LogP contribution in [0.3, 0.4) is 0 Å². The summed E-state index contributed by atoms with van der Waals surface area (Å²) in [6.45, 7) is 0. The van der Waals surface area contributed by atoms with Gasteiger partial charge in [0.05, 0.1) is 5.69 Å². The van der Waals surface area contributed by atoms with Crippen LogP contribution in [0, 0.1) is 0 Å². The summed E-state index contributed by atoms with van der Waals surface area (Å²) in [5.41, 5.74) is 1.37. The Hall–Kier alpha value is -1.51. The average molecular weight is 155 g/mol. The molecular formula is C9H6BNO. The molecule has 0 unspecified atom stereocenters. The summed E-state index contributed by atoms with van der Waals surface area (Å²) in [4.78, 5) is 10.5. The minimum Gasteiger partial charge on any atom is -0.395 e. The third kappa shape index (κ3) is 0.864. The van der Waals surface area contributed by atoms with E-state index < -0.39 is 0 Å². The molecule has 1 aromatic heterocycles. The predicted molar refractivity (Wildman–Crippen MR) is 48.5 cm³/mol. The molecule has 0 saturated heterocycles. The molecule has 0 spiro atoms. The fraction of sp³-hybridized carbons (Fsp3) is 0. The zero-order valence-corrected chi connectivity index (χ0v) is 6.40. The molecule has 3 heteroatoms. The lowest BCUT2D eigenvalue weighted by atomic mass is 10.2. The van der Waals surface area contributed by atoms with Crippen molar-refractivity contribution < 1.29 is 4.79 Å². The standard InChI is InChI=1S/C9H6BNO/c10-11-8(6-12)5-7-3-1-2-4-9(7)11/h1-6H. The van der Waals surface area contributed by atoms with Crippen LogP contribution in [0.2, 0.25) is 0 Å². The van der Waals surface area contributed by atoms with Gasteiger partial charge in [0.2, 0.25) is 7.98 Å². The maximum atomic E-state index is 10.5. The number of nitrogens with zero attached hydrogens (tertiary/aromatic N) is 1. The lowest BCUT2D eigenvalue weighted by Gasteiger charge is -1.96. The van der Waals surface area contributed by atoms with Gasteiger partial charge in [-0.05, 0) is 17.5 Å². The van der Waals surface area contributed by atoms with Gasteiger partial charge in [-0.15, -0.1) is 0 Å². The Balaban J connectivity index is 2.87. The quantitative estimate of drug-likeness (QED) is 0.450. The number of hydrogen-bond donors (Lipinski definition) is 0. The second kappa shape index (κ2) is 2.52. The van der Waals surface area contributed by atoms with Crippen molar-refractivity contribution in [3.8, 4) is 0 Å². The Kier molecular flexibility index (Phi) is 1.50. The second-order valence-electron chi connectivity index (χ2n) is 2.62. The van der Waals surface area contributed by atoms with Crippen molar-refractivity contribution in [2.45, 2.75) is 0 Å². The molecular weight excluding hydrogens is 149 g/mol. The van der Waals surface area contributed by atoms with E-state index in [4.69, 9.17) is 7.98 Å². The van der Waals surface area contributed by atoms with Gasteiger partial charge in [-0.2, -0.15) is 0 Å². The maximum absolute atomic E-state index is 10.5. The zero-order chi connectivity index (χ0) is 8.55. The monoisotopic (exact) mass is 155 g/mol. The van der Waals surface area contributed by atoms with Crippen molar-refractivity contribution in [1.82, 2.24) is 4.48 Å². The summed E-state index contributed by atoms with van der Waals surface area (Å²) in [5.74, 6) is 0. The van der Waals surface area contributed by atoms with Crippen LogP contribution in [0.4, 0.5) is 0 Å². The van der Waals surface area contributed by atoms with Gasteiger partial charge in [-0.3, -0.25) is 4.79 Å². The molecule has 2 nitrogen and oxygen atoms in total. The molecule has 0 aliphatic heterocycles. The number of para-hydroxylation sites is 1. The SMILES string of the molecule is [B]n1c(C=O)cc2ccccc21. The number of benzene rings is 1. The average Bonchev–Trinajstić information content (AvgIpc) is 2.44. The Morgan fingerprint density at radius 2 is 2.08 bits per heavy atom. The molecule has 12 heavy (non-hydrogen) atoms. The van der Waals surface area contributed by atoms with Gasteiger partial charge >= 0.3 is 0 Å². The van der Waals surface area contributed by atoms with E-state index >= 15 is 0 Å². The van der Waals surface area contributed by atoms with E-state index in [2.05, 4.69) is 0 Å². The molecule has 2 aromatic rings. The van der Waals surface area contributed by atoms with Gasteiger partial charge in [0, 0.05) is 5.52 Å². The van der Waals surface area contributed by atoms with Gasteiger partial charge in [-0.25, -0.2) is 0 Å². The fourth-order valence-corrected chi connectivity index (χ4v) is 1.29. The third-order valence-corrected chi connectivity index (χ3v) is 1.90. The smallest absolute Gasteiger partial charge is 0.234 e. The molecule has 0 amide bonds. The van der Waals surface area contributed by atoms with Gasteiger partial charge in [0.1, 0.15) is 0 Å². The normalized spacial score (nSPS) is 10.3. The lowest BCUT2D eigenvalue weighted by Crippen LogP contribution is -1.95. The van der Waals surface area contributed by atoms with Crippen LogP contribution in [-0.4, -0.2) is 18.7 Å². The summed E-state index contributed by atoms with van der Waals surface area (Å²) in [7, 11) is 5.63. The van der Waals surface area contributed by atoms with Crippen LogP contribution in [0.15, 0.2) is 30.3 Å². The topological polar surface area (TPSA) is 22.0 Å². The van der Waals surface area contributed by atoms with E-state index in [9.17, 15) is 4.79 Å². The van der Waals surface area contributed by atoms with E-state index in [-0.39, 0.29) is 0 Å². The Bertz CT molecular complexity index is 433. The van der Waals surface area contributed by atoms with Gasteiger partial charge in [0.25, 0.3) is 0 Å². The number of rotatable bonds is 1. The Morgan fingerprint density at radius 3 is 2.75 bits per heavy atom. The van der Waals surface area contributed by atoms with E-state index in [1.807, 2.05) is 24.3 Å².